The van der Waals surface area contributed by atoms with E-state index in [2.05, 4.69) is 25.3 Å². The fourth-order valence-corrected chi connectivity index (χ4v) is 3.03. The molecule has 29 heavy (non-hydrogen) atoms. The molecule has 1 fully saturated rings. The molecule has 4 N–H and O–H groups in total. The van der Waals surface area contributed by atoms with Crippen LogP contribution in [0.15, 0.2) is 24.8 Å². The molecule has 0 aromatic carbocycles. The Balaban J connectivity index is 1.79. The Morgan fingerprint density at radius 1 is 1.31 bits per heavy atom. The fraction of sp³-hybridized carbons (Fsp3) is 0.353. The van der Waals surface area contributed by atoms with Gasteiger partial charge in [-0.2, -0.15) is 0 Å². The smallest absolute Gasteiger partial charge is 0.251 e. The predicted molar refractivity (Wildman–Crippen MR) is 98.0 cm³/mol. The summed E-state index contributed by atoms with van der Waals surface area (Å²) in [5, 5.41) is 24.7. The number of anilines is 1. The summed E-state index contributed by atoms with van der Waals surface area (Å²) in [4.78, 5) is 28.4. The van der Waals surface area contributed by atoms with E-state index in [1.54, 1.807) is 5.32 Å². The topological polar surface area (TPSA) is 147 Å². The number of halogens is 1. The van der Waals surface area contributed by atoms with Crippen LogP contribution in [0.1, 0.15) is 14.5 Å². The SMILES string of the molecule is [2H]C([2H])([2H])NC(=O)[C@H]1O[C@H](n2cnc3c(NC([2H])([2H])[2H])nc(-c4cncc(F)c4)nc32)[C@@H](O)[C@@H]1O. The van der Waals surface area contributed by atoms with E-state index >= 15 is 0 Å². The van der Waals surface area contributed by atoms with Crippen LogP contribution in [0.5, 0.6) is 0 Å². The number of ether oxygens (including phenoxy) is 1. The first-order valence-corrected chi connectivity index (χ1v) is 8.21. The molecule has 1 saturated heterocycles. The van der Waals surface area contributed by atoms with E-state index < -0.39 is 50.2 Å². The van der Waals surface area contributed by atoms with Gasteiger partial charge in [0.05, 0.1) is 12.5 Å². The van der Waals surface area contributed by atoms with Crippen molar-refractivity contribution in [1.82, 2.24) is 29.8 Å². The number of likely N-dealkylation sites (N-methyl/N-ethyl adjacent to an activating group) is 1. The third-order valence-corrected chi connectivity index (χ3v) is 4.40. The average Bonchev–Trinajstić information content (AvgIpc) is 3.27. The van der Waals surface area contributed by atoms with E-state index in [0.29, 0.717) is 0 Å². The van der Waals surface area contributed by atoms with Gasteiger partial charge in [-0.05, 0) is 6.07 Å². The summed E-state index contributed by atoms with van der Waals surface area (Å²) in [5.74, 6) is -2.29. The second-order valence-electron chi connectivity index (χ2n) is 6.15. The third-order valence-electron chi connectivity index (χ3n) is 4.40. The second kappa shape index (κ2) is 7.31. The van der Waals surface area contributed by atoms with Gasteiger partial charge in [0.1, 0.15) is 18.0 Å². The van der Waals surface area contributed by atoms with Gasteiger partial charge in [-0.1, -0.05) is 0 Å². The molecular formula is C17H18FN7O4. The van der Waals surface area contributed by atoms with Gasteiger partial charge >= 0.3 is 0 Å². The molecule has 0 unspecified atom stereocenters. The highest BCUT2D eigenvalue weighted by molar-refractivity contribution is 5.85. The molecule has 152 valence electrons. The Morgan fingerprint density at radius 3 is 2.93 bits per heavy atom. The number of carbonyl (C=O) groups excluding carboxylic acids is 1. The van der Waals surface area contributed by atoms with Crippen molar-refractivity contribution in [1.29, 1.82) is 0 Å². The molecule has 1 amide bonds. The number of amides is 1. The normalized spacial score (nSPS) is 28.0. The Labute approximate surface area is 172 Å². The van der Waals surface area contributed by atoms with Crippen LogP contribution >= 0.6 is 0 Å². The first kappa shape index (κ1) is 13.1. The maximum Gasteiger partial charge on any atom is 0.251 e. The van der Waals surface area contributed by atoms with Gasteiger partial charge in [-0.25, -0.2) is 19.3 Å². The van der Waals surface area contributed by atoms with Gasteiger partial charge in [0.25, 0.3) is 5.91 Å². The predicted octanol–water partition coefficient (Wildman–Crippen LogP) is -0.566. The lowest BCUT2D eigenvalue weighted by molar-refractivity contribution is -0.137. The van der Waals surface area contributed by atoms with Crippen LogP contribution in [0, 0.1) is 5.82 Å². The third kappa shape index (κ3) is 3.16. The first-order chi connectivity index (χ1) is 16.2. The van der Waals surface area contributed by atoms with Gasteiger partial charge in [0, 0.05) is 33.9 Å². The van der Waals surface area contributed by atoms with Gasteiger partial charge < -0.3 is 25.6 Å². The maximum atomic E-state index is 13.7. The van der Waals surface area contributed by atoms with Crippen molar-refractivity contribution in [2.24, 2.45) is 0 Å². The summed E-state index contributed by atoms with van der Waals surface area (Å²) in [6, 6.07) is 1.06. The number of aliphatic hydroxyl groups excluding tert-OH is 2. The summed E-state index contributed by atoms with van der Waals surface area (Å²) in [6.45, 7) is -5.55. The van der Waals surface area contributed by atoms with Gasteiger partial charge in [0.2, 0.25) is 0 Å². The van der Waals surface area contributed by atoms with Gasteiger partial charge in [-0.15, -0.1) is 0 Å². The number of rotatable bonds is 4. The van der Waals surface area contributed by atoms with Crippen LogP contribution < -0.4 is 10.6 Å². The van der Waals surface area contributed by atoms with Crippen molar-refractivity contribution in [3.8, 4) is 11.4 Å². The van der Waals surface area contributed by atoms with Crippen molar-refractivity contribution >= 4 is 22.9 Å². The molecule has 4 atom stereocenters. The highest BCUT2D eigenvalue weighted by Crippen LogP contribution is 2.33. The van der Waals surface area contributed by atoms with Gasteiger partial charge in [-0.3, -0.25) is 14.3 Å². The van der Waals surface area contributed by atoms with E-state index in [4.69, 9.17) is 13.0 Å². The summed E-state index contributed by atoms with van der Waals surface area (Å²) in [6.07, 6.45) is -3.48. The van der Waals surface area contributed by atoms with Crippen LogP contribution in [-0.4, -0.2) is 72.9 Å². The lowest BCUT2D eigenvalue weighted by Crippen LogP contribution is -2.41. The number of pyridine rings is 1. The zero-order chi connectivity index (χ0) is 25.7. The van der Waals surface area contributed by atoms with E-state index in [1.807, 2.05) is 0 Å². The Bertz CT molecular complexity index is 1270. The van der Waals surface area contributed by atoms with Crippen molar-refractivity contribution < 1.29 is 32.4 Å². The number of nitrogens with one attached hydrogen (secondary N) is 2. The van der Waals surface area contributed by atoms with E-state index in [-0.39, 0.29) is 28.4 Å². The average molecular weight is 409 g/mol. The molecule has 3 aromatic heterocycles. The summed E-state index contributed by atoms with van der Waals surface area (Å²) >= 11 is 0. The minimum atomic E-state index is -2.86. The lowest BCUT2D eigenvalue weighted by Gasteiger charge is -2.17. The molecule has 0 radical (unpaired) electrons. The number of nitrogens with zero attached hydrogens (tertiary/aromatic N) is 5. The molecule has 3 aromatic rings. The van der Waals surface area contributed by atoms with E-state index in [1.165, 1.54) is 6.20 Å². The van der Waals surface area contributed by atoms with Crippen LogP contribution in [0.3, 0.4) is 0 Å². The zero-order valence-electron chi connectivity index (χ0n) is 20.4. The largest absolute Gasteiger partial charge is 0.387 e. The monoisotopic (exact) mass is 409 g/mol. The summed E-state index contributed by atoms with van der Waals surface area (Å²) in [7, 11) is 0. The molecule has 0 spiro atoms. The summed E-state index contributed by atoms with van der Waals surface area (Å²) < 4.78 is 64.2. The zero-order valence-corrected chi connectivity index (χ0v) is 14.4. The minimum Gasteiger partial charge on any atom is -0.387 e. The molecule has 0 aliphatic carbocycles. The standard InChI is InChI=1S/C17H18FN7O4/c1-19-14-9-15(24-13(23-14)7-3-8(18)5-21-4-7)25(6-22-9)17-11(27)10(26)12(29-17)16(28)20-2/h3-6,10-12,17,26-27H,1-2H3,(H,20,28)(H,19,23,24)/t10-,11-,12-,17-/m0/s1/i1D3,2D3. The number of hydrogen-bond donors (Lipinski definition) is 4. The summed E-state index contributed by atoms with van der Waals surface area (Å²) in [5.41, 5.74) is -0.0786. The van der Waals surface area contributed by atoms with E-state index in [9.17, 15) is 19.4 Å². The minimum absolute atomic E-state index is 0.0741. The van der Waals surface area contributed by atoms with Crippen molar-refractivity contribution in [2.75, 3.05) is 19.3 Å². The van der Waals surface area contributed by atoms with Crippen LogP contribution in [0.4, 0.5) is 10.2 Å². The van der Waals surface area contributed by atoms with Crippen LogP contribution in [-0.2, 0) is 9.53 Å². The molecule has 4 heterocycles. The Morgan fingerprint density at radius 2 is 2.17 bits per heavy atom. The van der Waals surface area contributed by atoms with Crippen molar-refractivity contribution in [2.45, 2.75) is 24.5 Å². The molecule has 11 nitrogen and oxygen atoms in total. The number of carbonyl (C=O) groups is 1. The number of imidazole rings is 1. The van der Waals surface area contributed by atoms with Crippen LogP contribution in [0.2, 0.25) is 0 Å². The highest BCUT2D eigenvalue weighted by Gasteiger charge is 2.47. The fourth-order valence-electron chi connectivity index (χ4n) is 3.03. The lowest BCUT2D eigenvalue weighted by atomic mass is 10.1. The number of fused-ring (bicyclic) bond motifs is 1. The highest BCUT2D eigenvalue weighted by atomic mass is 19.1. The Hall–Kier alpha value is -3.22. The molecule has 4 rings (SSSR count). The molecule has 0 bridgehead atoms. The second-order valence-corrected chi connectivity index (χ2v) is 6.15. The molecule has 1 aliphatic rings. The molecular weight excluding hydrogens is 385 g/mol. The number of aliphatic hydroxyl groups is 2. The first-order valence-electron chi connectivity index (χ1n) is 11.2. The maximum absolute atomic E-state index is 13.7. The quantitative estimate of drug-likeness (QED) is 0.445. The Kier molecular flexibility index (Phi) is 3.30. The molecule has 0 saturated carbocycles. The van der Waals surface area contributed by atoms with Crippen molar-refractivity contribution in [3.05, 3.63) is 30.6 Å². The number of hydrogen-bond acceptors (Lipinski definition) is 9. The van der Waals surface area contributed by atoms with Crippen molar-refractivity contribution in [3.63, 3.8) is 0 Å². The van der Waals surface area contributed by atoms with Crippen LogP contribution in [0.25, 0.3) is 22.6 Å². The van der Waals surface area contributed by atoms with Gasteiger partial charge in [0.15, 0.2) is 35.1 Å². The molecule has 12 heteroatoms. The molecule has 1 aliphatic heterocycles. The number of aromatic nitrogens is 5. The van der Waals surface area contributed by atoms with E-state index in [0.717, 1.165) is 23.2 Å².